The molecule has 0 spiro atoms. The zero-order chi connectivity index (χ0) is 17.6. The molecule has 6 heteroatoms. The first-order valence-electron chi connectivity index (χ1n) is 8.15. The lowest BCUT2D eigenvalue weighted by atomic mass is 10.3. The van der Waals surface area contributed by atoms with E-state index < -0.39 is 0 Å². The number of halogens is 1. The number of hydrogen-bond donors (Lipinski definition) is 0. The van der Waals surface area contributed by atoms with Crippen LogP contribution in [-0.4, -0.2) is 27.7 Å². The minimum Gasteiger partial charge on any atom is -0.493 e. The Morgan fingerprint density at radius 1 is 1.20 bits per heavy atom. The maximum Gasteiger partial charge on any atom is 0.169 e. The molecule has 3 aromatic rings. The number of nitrogens with zero attached hydrogens (tertiary/aromatic N) is 2. The van der Waals surface area contributed by atoms with E-state index in [1.807, 2.05) is 47.9 Å². The monoisotopic (exact) mass is 374 g/mol. The van der Waals surface area contributed by atoms with Crippen LogP contribution in [0.3, 0.4) is 0 Å². The molecule has 3 rings (SSSR count). The first-order valence-corrected chi connectivity index (χ1v) is 9.52. The lowest BCUT2D eigenvalue weighted by Crippen LogP contribution is -2.10. The molecule has 1 heterocycles. The molecule has 0 amide bonds. The largest absolute Gasteiger partial charge is 0.493 e. The summed E-state index contributed by atoms with van der Waals surface area (Å²) in [5.74, 6) is 1.73. The minimum absolute atomic E-state index is 0.197. The second-order valence-electron chi connectivity index (χ2n) is 5.51. The fourth-order valence-electron chi connectivity index (χ4n) is 2.43. The van der Waals surface area contributed by atoms with E-state index in [9.17, 15) is 4.79 Å². The summed E-state index contributed by atoms with van der Waals surface area (Å²) in [6.07, 6.45) is 0.524. The van der Waals surface area contributed by atoms with Crippen LogP contribution in [-0.2, 0) is 11.3 Å². The number of benzene rings is 2. The number of fused-ring (bicyclic) bond motifs is 1. The summed E-state index contributed by atoms with van der Waals surface area (Å²) in [4.78, 5) is 16.6. The standard InChI is InChI=1S/C19H19ClN2O2S/c1-2-15(23)13-22-18-6-4-3-5-17(18)21-19(22)25-12-11-24-16-9-7-14(20)8-10-16/h3-10H,2,11-13H2,1H3. The van der Waals surface area contributed by atoms with Gasteiger partial charge in [0.2, 0.25) is 0 Å². The molecule has 0 N–H and O–H groups in total. The van der Waals surface area contributed by atoms with Gasteiger partial charge in [0.05, 0.1) is 24.2 Å². The van der Waals surface area contributed by atoms with Crippen molar-refractivity contribution < 1.29 is 9.53 Å². The molecule has 0 atom stereocenters. The van der Waals surface area contributed by atoms with E-state index in [0.717, 1.165) is 27.7 Å². The molecule has 0 fully saturated rings. The predicted molar refractivity (Wildman–Crippen MR) is 103 cm³/mol. The lowest BCUT2D eigenvalue weighted by Gasteiger charge is -2.08. The highest BCUT2D eigenvalue weighted by atomic mass is 35.5. The number of thioether (sulfide) groups is 1. The fourth-order valence-corrected chi connectivity index (χ4v) is 3.38. The summed E-state index contributed by atoms with van der Waals surface area (Å²) in [7, 11) is 0. The average Bonchev–Trinajstić information content (AvgIpc) is 2.98. The zero-order valence-corrected chi connectivity index (χ0v) is 15.5. The van der Waals surface area contributed by atoms with Crippen molar-refractivity contribution in [3.05, 3.63) is 53.6 Å². The summed E-state index contributed by atoms with van der Waals surface area (Å²) in [6, 6.07) is 15.2. The molecule has 0 aliphatic heterocycles. The maximum absolute atomic E-state index is 11.9. The third-order valence-corrected chi connectivity index (χ3v) is 4.94. The number of ether oxygens (including phenoxy) is 1. The first kappa shape index (κ1) is 17.8. The number of Topliss-reactive ketones (excluding diaryl/α,β-unsaturated/α-hetero) is 1. The Morgan fingerprint density at radius 3 is 2.72 bits per heavy atom. The predicted octanol–water partition coefficient (Wildman–Crippen LogP) is 4.84. The van der Waals surface area contributed by atoms with Crippen LogP contribution in [0.5, 0.6) is 5.75 Å². The highest BCUT2D eigenvalue weighted by Crippen LogP contribution is 2.24. The van der Waals surface area contributed by atoms with Crippen molar-refractivity contribution in [1.82, 2.24) is 9.55 Å². The van der Waals surface area contributed by atoms with Gasteiger partial charge < -0.3 is 9.30 Å². The van der Waals surface area contributed by atoms with E-state index in [4.69, 9.17) is 16.3 Å². The van der Waals surface area contributed by atoms with Crippen LogP contribution in [0, 0.1) is 0 Å². The van der Waals surface area contributed by atoms with E-state index in [-0.39, 0.29) is 5.78 Å². The summed E-state index contributed by atoms with van der Waals surface area (Å²) in [6.45, 7) is 2.79. The Morgan fingerprint density at radius 2 is 1.96 bits per heavy atom. The van der Waals surface area contributed by atoms with Gasteiger partial charge in [-0.2, -0.15) is 0 Å². The van der Waals surface area contributed by atoms with Crippen LogP contribution < -0.4 is 4.74 Å². The molecule has 0 radical (unpaired) electrons. The molecule has 1 aromatic heterocycles. The molecular weight excluding hydrogens is 356 g/mol. The van der Waals surface area contributed by atoms with Gasteiger partial charge in [-0.05, 0) is 36.4 Å². The molecule has 0 saturated heterocycles. The van der Waals surface area contributed by atoms with Crippen molar-refractivity contribution in [2.45, 2.75) is 25.0 Å². The highest BCUT2D eigenvalue weighted by Gasteiger charge is 2.13. The lowest BCUT2D eigenvalue weighted by molar-refractivity contribution is -0.119. The number of para-hydroxylation sites is 2. The normalized spacial score (nSPS) is 11.0. The van der Waals surface area contributed by atoms with Gasteiger partial charge in [0.15, 0.2) is 10.9 Å². The first-order chi connectivity index (χ1) is 12.2. The van der Waals surface area contributed by atoms with Gasteiger partial charge in [0.25, 0.3) is 0 Å². The smallest absolute Gasteiger partial charge is 0.169 e. The zero-order valence-electron chi connectivity index (χ0n) is 13.9. The van der Waals surface area contributed by atoms with Crippen LogP contribution in [0.25, 0.3) is 11.0 Å². The summed E-state index contributed by atoms with van der Waals surface area (Å²) in [5.41, 5.74) is 1.90. The quantitative estimate of drug-likeness (QED) is 0.418. The fraction of sp³-hybridized carbons (Fsp3) is 0.263. The Kier molecular flexibility index (Phi) is 6.00. The van der Waals surface area contributed by atoms with E-state index >= 15 is 0 Å². The average molecular weight is 375 g/mol. The van der Waals surface area contributed by atoms with Gasteiger partial charge in [0.1, 0.15) is 5.75 Å². The Bertz CT molecular complexity index is 861. The number of imidazole rings is 1. The Balaban J connectivity index is 1.66. The second kappa shape index (κ2) is 8.41. The van der Waals surface area contributed by atoms with E-state index in [2.05, 4.69) is 4.98 Å². The van der Waals surface area contributed by atoms with Crippen LogP contribution in [0.4, 0.5) is 0 Å². The van der Waals surface area contributed by atoms with Crippen molar-refractivity contribution in [1.29, 1.82) is 0 Å². The van der Waals surface area contributed by atoms with E-state index in [1.165, 1.54) is 0 Å². The van der Waals surface area contributed by atoms with Gasteiger partial charge in [-0.1, -0.05) is 42.4 Å². The number of ketones is 1. The minimum atomic E-state index is 0.197. The van der Waals surface area contributed by atoms with Crippen LogP contribution >= 0.6 is 23.4 Å². The molecule has 0 unspecified atom stereocenters. The van der Waals surface area contributed by atoms with Crippen molar-refractivity contribution in [3.8, 4) is 5.75 Å². The summed E-state index contributed by atoms with van der Waals surface area (Å²) in [5, 5.41) is 1.54. The van der Waals surface area contributed by atoms with Crippen LogP contribution in [0.15, 0.2) is 53.7 Å². The topological polar surface area (TPSA) is 44.1 Å². The number of hydrogen-bond acceptors (Lipinski definition) is 4. The summed E-state index contributed by atoms with van der Waals surface area (Å²) < 4.78 is 7.71. The summed E-state index contributed by atoms with van der Waals surface area (Å²) >= 11 is 7.46. The molecule has 2 aromatic carbocycles. The number of rotatable bonds is 8. The molecular formula is C19H19ClN2O2S. The molecule has 0 bridgehead atoms. The van der Waals surface area contributed by atoms with E-state index in [0.29, 0.717) is 24.6 Å². The molecule has 4 nitrogen and oxygen atoms in total. The van der Waals surface area contributed by atoms with Crippen LogP contribution in [0.1, 0.15) is 13.3 Å². The third-order valence-electron chi connectivity index (χ3n) is 3.75. The van der Waals surface area contributed by atoms with Crippen LogP contribution in [0.2, 0.25) is 5.02 Å². The van der Waals surface area contributed by atoms with Crippen molar-refractivity contribution in [2.75, 3.05) is 12.4 Å². The van der Waals surface area contributed by atoms with E-state index in [1.54, 1.807) is 23.9 Å². The molecule has 0 saturated carbocycles. The van der Waals surface area contributed by atoms with Gasteiger partial charge in [0, 0.05) is 17.2 Å². The molecule has 0 aliphatic rings. The molecule has 25 heavy (non-hydrogen) atoms. The van der Waals surface area contributed by atoms with Gasteiger partial charge in [-0.25, -0.2) is 4.98 Å². The Hall–Kier alpha value is -1.98. The molecule has 130 valence electrons. The van der Waals surface area contributed by atoms with Gasteiger partial charge in [-0.15, -0.1) is 0 Å². The number of aromatic nitrogens is 2. The third kappa shape index (κ3) is 4.55. The van der Waals surface area contributed by atoms with Crippen molar-refractivity contribution in [3.63, 3.8) is 0 Å². The second-order valence-corrected chi connectivity index (χ2v) is 7.01. The Labute approximate surface area is 156 Å². The number of carbonyl (C=O) groups excluding carboxylic acids is 1. The number of carbonyl (C=O) groups is 1. The van der Waals surface area contributed by atoms with Gasteiger partial charge >= 0.3 is 0 Å². The van der Waals surface area contributed by atoms with Crippen molar-refractivity contribution in [2.24, 2.45) is 0 Å². The van der Waals surface area contributed by atoms with Gasteiger partial charge in [-0.3, -0.25) is 4.79 Å². The SMILES string of the molecule is CCC(=O)Cn1c(SCCOc2ccc(Cl)cc2)nc2ccccc21. The molecule has 0 aliphatic carbocycles. The maximum atomic E-state index is 11.9. The highest BCUT2D eigenvalue weighted by molar-refractivity contribution is 7.99. The van der Waals surface area contributed by atoms with Crippen molar-refractivity contribution >= 4 is 40.2 Å².